The van der Waals surface area contributed by atoms with Crippen molar-refractivity contribution in [3.05, 3.63) is 23.8 Å². The average Bonchev–Trinajstić information content (AvgIpc) is 1.83. The Morgan fingerprint density at radius 3 is 2.67 bits per heavy atom. The summed E-state index contributed by atoms with van der Waals surface area (Å²) in [5.41, 5.74) is 2.09. The molecular formula is C7H9ClO. The van der Waals surface area contributed by atoms with Crippen LogP contribution < -0.4 is 0 Å². The summed E-state index contributed by atoms with van der Waals surface area (Å²) in [6.07, 6.45) is 1.92. The largest absolute Gasteiger partial charge is 0.395 e. The highest BCUT2D eigenvalue weighted by Crippen LogP contribution is 2.31. The van der Waals surface area contributed by atoms with Crippen LogP contribution in [-0.2, 0) is 0 Å². The molecular weight excluding hydrogens is 136 g/mol. The van der Waals surface area contributed by atoms with Gasteiger partial charge in [-0.25, -0.2) is 0 Å². The highest BCUT2D eigenvalue weighted by Gasteiger charge is 2.22. The molecule has 0 saturated carbocycles. The van der Waals surface area contributed by atoms with Crippen LogP contribution in [0.15, 0.2) is 23.8 Å². The third-order valence-corrected chi connectivity index (χ3v) is 1.91. The van der Waals surface area contributed by atoms with Gasteiger partial charge in [0.25, 0.3) is 0 Å². The molecule has 1 rings (SSSR count). The van der Waals surface area contributed by atoms with Gasteiger partial charge in [-0.3, -0.25) is 0 Å². The van der Waals surface area contributed by atoms with E-state index in [0.717, 1.165) is 11.1 Å². The number of hydrogen-bond donors (Lipinski definition) is 1. The SMILES string of the molecule is C=C1C=C(CCl)C1CO. The summed E-state index contributed by atoms with van der Waals surface area (Å²) in [7, 11) is 0. The summed E-state index contributed by atoms with van der Waals surface area (Å²) in [5, 5.41) is 8.70. The Labute approximate surface area is 59.6 Å². The molecule has 0 aromatic rings. The monoisotopic (exact) mass is 144 g/mol. The van der Waals surface area contributed by atoms with Crippen molar-refractivity contribution in [3.63, 3.8) is 0 Å². The van der Waals surface area contributed by atoms with Gasteiger partial charge < -0.3 is 5.11 Å². The zero-order valence-electron chi connectivity index (χ0n) is 5.10. The van der Waals surface area contributed by atoms with Gasteiger partial charge in [0.1, 0.15) is 0 Å². The topological polar surface area (TPSA) is 20.2 Å². The molecule has 1 atom stereocenters. The molecule has 1 nitrogen and oxygen atoms in total. The van der Waals surface area contributed by atoms with Crippen LogP contribution in [-0.4, -0.2) is 17.6 Å². The van der Waals surface area contributed by atoms with E-state index >= 15 is 0 Å². The minimum atomic E-state index is 0.150. The second-order valence-electron chi connectivity index (χ2n) is 2.16. The molecule has 1 aliphatic rings. The van der Waals surface area contributed by atoms with E-state index in [1.165, 1.54) is 0 Å². The Kier molecular flexibility index (Phi) is 1.94. The van der Waals surface area contributed by atoms with Crippen LogP contribution in [0.1, 0.15) is 0 Å². The van der Waals surface area contributed by atoms with Crippen molar-refractivity contribution in [1.82, 2.24) is 0 Å². The first-order chi connectivity index (χ1) is 4.29. The maximum atomic E-state index is 8.70. The van der Waals surface area contributed by atoms with Crippen LogP contribution >= 0.6 is 11.6 Å². The number of aliphatic hydroxyl groups is 1. The Morgan fingerprint density at radius 2 is 2.44 bits per heavy atom. The lowest BCUT2D eigenvalue weighted by Crippen LogP contribution is -2.20. The van der Waals surface area contributed by atoms with Crippen LogP contribution in [0.2, 0.25) is 0 Å². The van der Waals surface area contributed by atoms with Crippen molar-refractivity contribution in [2.24, 2.45) is 5.92 Å². The maximum Gasteiger partial charge on any atom is 0.0537 e. The van der Waals surface area contributed by atoms with Crippen LogP contribution in [0.5, 0.6) is 0 Å². The molecule has 1 unspecified atom stereocenters. The number of rotatable bonds is 2. The van der Waals surface area contributed by atoms with Gasteiger partial charge in [0.2, 0.25) is 0 Å². The first-order valence-corrected chi connectivity index (χ1v) is 3.39. The smallest absolute Gasteiger partial charge is 0.0537 e. The minimum Gasteiger partial charge on any atom is -0.395 e. The lowest BCUT2D eigenvalue weighted by molar-refractivity contribution is 0.259. The van der Waals surface area contributed by atoms with E-state index < -0.39 is 0 Å². The maximum absolute atomic E-state index is 8.70. The molecule has 0 heterocycles. The molecule has 9 heavy (non-hydrogen) atoms. The lowest BCUT2D eigenvalue weighted by Gasteiger charge is -2.26. The minimum absolute atomic E-state index is 0.150. The van der Waals surface area contributed by atoms with E-state index in [4.69, 9.17) is 16.7 Å². The van der Waals surface area contributed by atoms with E-state index in [2.05, 4.69) is 6.58 Å². The summed E-state index contributed by atoms with van der Waals surface area (Å²) in [5.74, 6) is 0.673. The summed E-state index contributed by atoms with van der Waals surface area (Å²) in [6.45, 7) is 3.87. The van der Waals surface area contributed by atoms with E-state index in [9.17, 15) is 0 Å². The molecule has 0 radical (unpaired) electrons. The fraction of sp³-hybridized carbons (Fsp3) is 0.429. The molecule has 0 spiro atoms. The molecule has 0 aromatic carbocycles. The number of hydrogen-bond acceptors (Lipinski definition) is 1. The zero-order chi connectivity index (χ0) is 6.85. The molecule has 0 aromatic heterocycles. The molecule has 0 bridgehead atoms. The lowest BCUT2D eigenvalue weighted by atomic mass is 9.82. The zero-order valence-corrected chi connectivity index (χ0v) is 5.86. The van der Waals surface area contributed by atoms with E-state index in [1.54, 1.807) is 0 Å². The quantitative estimate of drug-likeness (QED) is 0.580. The molecule has 1 aliphatic carbocycles. The molecule has 2 heteroatoms. The molecule has 0 aliphatic heterocycles. The highest BCUT2D eigenvalue weighted by atomic mass is 35.5. The molecule has 0 saturated heterocycles. The fourth-order valence-corrected chi connectivity index (χ4v) is 1.21. The standard InChI is InChI=1S/C7H9ClO/c1-5-2-6(3-8)7(5)4-9/h2,7,9H,1,3-4H2. The normalized spacial score (nSPS) is 25.3. The van der Waals surface area contributed by atoms with Crippen LogP contribution in [0.25, 0.3) is 0 Å². The van der Waals surface area contributed by atoms with Gasteiger partial charge in [-0.2, -0.15) is 0 Å². The van der Waals surface area contributed by atoms with Crippen molar-refractivity contribution in [3.8, 4) is 0 Å². The van der Waals surface area contributed by atoms with Gasteiger partial charge in [0, 0.05) is 11.8 Å². The summed E-state index contributed by atoms with van der Waals surface area (Å²) < 4.78 is 0. The summed E-state index contributed by atoms with van der Waals surface area (Å²) >= 11 is 5.52. The highest BCUT2D eigenvalue weighted by molar-refractivity contribution is 6.19. The van der Waals surface area contributed by atoms with Gasteiger partial charge >= 0.3 is 0 Å². The predicted molar refractivity (Wildman–Crippen MR) is 38.5 cm³/mol. The van der Waals surface area contributed by atoms with E-state index in [-0.39, 0.29) is 12.5 Å². The van der Waals surface area contributed by atoms with Gasteiger partial charge in [0.15, 0.2) is 0 Å². The van der Waals surface area contributed by atoms with Gasteiger partial charge in [-0.15, -0.1) is 11.6 Å². The first kappa shape index (κ1) is 6.84. The fourth-order valence-electron chi connectivity index (χ4n) is 0.947. The second-order valence-corrected chi connectivity index (χ2v) is 2.43. The Bertz CT molecular complexity index is 160. The predicted octanol–water partition coefficient (Wildman–Crippen LogP) is 1.33. The van der Waals surface area contributed by atoms with Crippen LogP contribution in [0, 0.1) is 5.92 Å². The van der Waals surface area contributed by atoms with Crippen molar-refractivity contribution in [1.29, 1.82) is 0 Å². The Balaban J connectivity index is 2.58. The summed E-state index contributed by atoms with van der Waals surface area (Å²) in [4.78, 5) is 0. The number of aliphatic hydroxyl groups excluding tert-OH is 1. The number of alkyl halides is 1. The Morgan fingerprint density at radius 1 is 1.78 bits per heavy atom. The molecule has 1 N–H and O–H groups in total. The van der Waals surface area contributed by atoms with E-state index in [1.807, 2.05) is 6.08 Å². The van der Waals surface area contributed by atoms with E-state index in [0.29, 0.717) is 5.88 Å². The van der Waals surface area contributed by atoms with Gasteiger partial charge in [-0.1, -0.05) is 12.7 Å². The third kappa shape index (κ3) is 1.03. The second kappa shape index (κ2) is 2.54. The number of halogens is 1. The third-order valence-electron chi connectivity index (χ3n) is 1.60. The van der Waals surface area contributed by atoms with Crippen molar-refractivity contribution >= 4 is 11.6 Å². The molecule has 50 valence electrons. The number of allylic oxidation sites excluding steroid dienone is 1. The Hall–Kier alpha value is -0.270. The van der Waals surface area contributed by atoms with Crippen LogP contribution in [0.4, 0.5) is 0 Å². The van der Waals surface area contributed by atoms with Crippen molar-refractivity contribution in [2.45, 2.75) is 0 Å². The summed E-state index contributed by atoms with van der Waals surface area (Å²) in [6, 6.07) is 0. The van der Waals surface area contributed by atoms with Crippen molar-refractivity contribution < 1.29 is 5.11 Å². The molecule has 0 fully saturated rings. The van der Waals surface area contributed by atoms with Crippen LogP contribution in [0.3, 0.4) is 0 Å². The van der Waals surface area contributed by atoms with Crippen molar-refractivity contribution in [2.75, 3.05) is 12.5 Å². The van der Waals surface area contributed by atoms with Gasteiger partial charge in [0.05, 0.1) is 6.61 Å². The average molecular weight is 145 g/mol. The first-order valence-electron chi connectivity index (χ1n) is 2.85. The molecule has 0 amide bonds. The van der Waals surface area contributed by atoms with Gasteiger partial charge in [-0.05, 0) is 11.1 Å².